The lowest BCUT2D eigenvalue weighted by molar-refractivity contribution is -0.135. The van der Waals surface area contributed by atoms with Gasteiger partial charge in [0.15, 0.2) is 0 Å². The van der Waals surface area contributed by atoms with Gasteiger partial charge in [-0.25, -0.2) is 0 Å². The summed E-state index contributed by atoms with van der Waals surface area (Å²) in [7, 11) is 1.93. The molecule has 0 unspecified atom stereocenters. The zero-order valence-electron chi connectivity index (χ0n) is 13.8. The van der Waals surface area contributed by atoms with Crippen LogP contribution in [0.1, 0.15) is 12.0 Å². The minimum atomic E-state index is -0.0745. The third kappa shape index (κ3) is 3.94. The van der Waals surface area contributed by atoms with E-state index in [-0.39, 0.29) is 11.8 Å². The molecule has 1 fully saturated rings. The molecule has 3 rings (SSSR count). The van der Waals surface area contributed by atoms with E-state index in [9.17, 15) is 9.59 Å². The minimum Gasteiger partial charge on any atom is -0.464 e. The summed E-state index contributed by atoms with van der Waals surface area (Å²) in [5.74, 6) is 0.0138. The summed E-state index contributed by atoms with van der Waals surface area (Å²) in [6.45, 7) is 4.19. The van der Waals surface area contributed by atoms with Crippen molar-refractivity contribution in [2.24, 2.45) is 0 Å². The molecule has 1 aliphatic rings. The Balaban J connectivity index is 1.40. The van der Waals surface area contributed by atoms with Crippen LogP contribution in [0.15, 0.2) is 34.9 Å². The number of piperazine rings is 1. The molecular formula is C18H22N3O3. The predicted molar refractivity (Wildman–Crippen MR) is 91.1 cm³/mol. The fraction of sp³-hybridized carbons (Fsp3) is 0.389. The topological polar surface area (TPSA) is 65.8 Å². The van der Waals surface area contributed by atoms with Crippen LogP contribution in [0.2, 0.25) is 0 Å². The first-order valence-electron chi connectivity index (χ1n) is 8.16. The molecule has 1 N–H and O–H groups in total. The molecule has 1 saturated heterocycles. The van der Waals surface area contributed by atoms with Gasteiger partial charge in [0.25, 0.3) is 0 Å². The van der Waals surface area contributed by atoms with E-state index in [2.05, 4.69) is 5.32 Å². The van der Waals surface area contributed by atoms with Crippen LogP contribution < -0.4 is 5.32 Å². The lowest BCUT2D eigenvalue weighted by atomic mass is 10.1. The number of hydrogen-bond acceptors (Lipinski definition) is 4. The Bertz CT molecular complexity index is 725. The number of likely N-dealkylation sites (N-methyl/N-ethyl adjacent to an activating group) is 1. The van der Waals surface area contributed by atoms with Crippen LogP contribution in [-0.4, -0.2) is 54.8 Å². The van der Waals surface area contributed by atoms with E-state index in [0.717, 1.165) is 23.1 Å². The van der Waals surface area contributed by atoms with Crippen LogP contribution in [0.4, 0.5) is 0 Å². The molecule has 0 spiro atoms. The molecule has 0 atom stereocenters. The summed E-state index contributed by atoms with van der Waals surface area (Å²) in [6.07, 6.45) is 2.64. The molecule has 127 valence electrons. The molecule has 6 nitrogen and oxygen atoms in total. The second-order valence-corrected chi connectivity index (χ2v) is 6.10. The highest BCUT2D eigenvalue weighted by Gasteiger charge is 2.21. The number of nitrogens with one attached hydrogen (secondary N) is 1. The number of para-hydroxylation sites is 1. The first-order chi connectivity index (χ1) is 11.6. The highest BCUT2D eigenvalue weighted by molar-refractivity contribution is 5.82. The van der Waals surface area contributed by atoms with Crippen LogP contribution in [0.3, 0.4) is 0 Å². The summed E-state index contributed by atoms with van der Waals surface area (Å²) in [5, 5.41) is 3.86. The zero-order chi connectivity index (χ0) is 16.9. The molecule has 0 aliphatic carbocycles. The van der Waals surface area contributed by atoms with Gasteiger partial charge in [-0.2, -0.15) is 0 Å². The zero-order valence-corrected chi connectivity index (χ0v) is 13.8. The lowest BCUT2D eigenvalue weighted by Crippen LogP contribution is -2.49. The molecule has 24 heavy (non-hydrogen) atoms. The van der Waals surface area contributed by atoms with Crippen LogP contribution in [0.25, 0.3) is 11.0 Å². The lowest BCUT2D eigenvalue weighted by Gasteiger charge is -2.31. The SMILES string of the molecule is CN1CCN(CCC(=O)N[CH]Cc2coc3ccccc23)C(=O)C1. The summed E-state index contributed by atoms with van der Waals surface area (Å²) in [4.78, 5) is 27.5. The summed E-state index contributed by atoms with van der Waals surface area (Å²) in [6, 6.07) is 7.82. The van der Waals surface area contributed by atoms with Crippen LogP contribution in [-0.2, 0) is 16.0 Å². The third-order valence-corrected chi connectivity index (χ3v) is 4.26. The normalized spacial score (nSPS) is 15.9. The smallest absolute Gasteiger partial charge is 0.236 e. The van der Waals surface area contributed by atoms with Crippen LogP contribution >= 0.6 is 0 Å². The molecule has 1 aromatic carbocycles. The van der Waals surface area contributed by atoms with E-state index in [1.54, 1.807) is 17.7 Å². The maximum atomic E-state index is 11.9. The first kappa shape index (κ1) is 16.5. The highest BCUT2D eigenvalue weighted by atomic mass is 16.3. The number of fused-ring (bicyclic) bond motifs is 1. The molecule has 2 heterocycles. The molecule has 0 saturated carbocycles. The Morgan fingerprint density at radius 1 is 1.33 bits per heavy atom. The fourth-order valence-corrected chi connectivity index (χ4v) is 2.84. The van der Waals surface area contributed by atoms with E-state index < -0.39 is 0 Å². The van der Waals surface area contributed by atoms with Gasteiger partial charge in [-0.1, -0.05) is 18.2 Å². The number of carbonyl (C=O) groups is 2. The van der Waals surface area contributed by atoms with Crippen LogP contribution in [0.5, 0.6) is 0 Å². The van der Waals surface area contributed by atoms with Gasteiger partial charge in [0.05, 0.1) is 19.4 Å². The number of furan rings is 1. The quantitative estimate of drug-likeness (QED) is 0.871. The second kappa shape index (κ2) is 7.49. The number of carbonyl (C=O) groups excluding carboxylic acids is 2. The van der Waals surface area contributed by atoms with Gasteiger partial charge >= 0.3 is 0 Å². The van der Waals surface area contributed by atoms with Gasteiger partial charge in [0.1, 0.15) is 5.58 Å². The Morgan fingerprint density at radius 3 is 3.00 bits per heavy atom. The molecule has 0 bridgehead atoms. The van der Waals surface area contributed by atoms with Gasteiger partial charge in [0, 0.05) is 37.0 Å². The molecular weight excluding hydrogens is 306 g/mol. The second-order valence-electron chi connectivity index (χ2n) is 6.10. The van der Waals surface area contributed by atoms with Crippen molar-refractivity contribution in [3.63, 3.8) is 0 Å². The van der Waals surface area contributed by atoms with E-state index in [4.69, 9.17) is 4.42 Å². The Kier molecular flexibility index (Phi) is 5.15. The van der Waals surface area contributed by atoms with Crippen molar-refractivity contribution in [1.29, 1.82) is 0 Å². The summed E-state index contributed by atoms with van der Waals surface area (Å²) < 4.78 is 5.47. The number of amides is 2. The number of nitrogens with zero attached hydrogens (tertiary/aromatic N) is 2. The number of hydrogen-bond donors (Lipinski definition) is 1. The minimum absolute atomic E-state index is 0.0745. The highest BCUT2D eigenvalue weighted by Crippen LogP contribution is 2.21. The number of rotatable bonds is 6. The average molecular weight is 328 g/mol. The summed E-state index contributed by atoms with van der Waals surface area (Å²) in [5.41, 5.74) is 1.89. The predicted octanol–water partition coefficient (Wildman–Crippen LogP) is 1.42. The Hall–Kier alpha value is -2.34. The van der Waals surface area contributed by atoms with Crippen molar-refractivity contribution in [2.75, 3.05) is 33.2 Å². The van der Waals surface area contributed by atoms with Crippen LogP contribution in [0, 0.1) is 6.54 Å². The number of benzene rings is 1. The summed E-state index contributed by atoms with van der Waals surface area (Å²) >= 11 is 0. The largest absolute Gasteiger partial charge is 0.464 e. The molecule has 1 aliphatic heterocycles. The van der Waals surface area contributed by atoms with Crippen molar-refractivity contribution in [3.8, 4) is 0 Å². The fourth-order valence-electron chi connectivity index (χ4n) is 2.84. The van der Waals surface area contributed by atoms with Gasteiger partial charge in [0.2, 0.25) is 11.8 Å². The van der Waals surface area contributed by atoms with Gasteiger partial charge in [-0.05, 0) is 19.5 Å². The van der Waals surface area contributed by atoms with Gasteiger partial charge < -0.3 is 14.6 Å². The standard InChI is InChI=1S/C18H22N3O3/c1-20-10-11-21(18(23)12-20)9-7-17(22)19-8-6-14-13-24-16-5-3-2-4-15(14)16/h2-5,8,13H,6-7,9-12H2,1H3,(H,19,22). The maximum Gasteiger partial charge on any atom is 0.236 e. The van der Waals surface area contributed by atoms with Crippen molar-refractivity contribution < 1.29 is 14.0 Å². The molecule has 2 amide bonds. The Morgan fingerprint density at radius 2 is 2.17 bits per heavy atom. The molecule has 2 aromatic rings. The average Bonchev–Trinajstić information content (AvgIpc) is 2.97. The monoisotopic (exact) mass is 328 g/mol. The van der Waals surface area contributed by atoms with Crippen molar-refractivity contribution in [2.45, 2.75) is 12.8 Å². The maximum absolute atomic E-state index is 11.9. The van der Waals surface area contributed by atoms with Crippen molar-refractivity contribution in [1.82, 2.24) is 15.1 Å². The van der Waals surface area contributed by atoms with E-state index in [1.807, 2.05) is 36.2 Å². The Labute approximate surface area is 141 Å². The van der Waals surface area contributed by atoms with E-state index >= 15 is 0 Å². The third-order valence-electron chi connectivity index (χ3n) is 4.26. The first-order valence-corrected chi connectivity index (χ1v) is 8.16. The van der Waals surface area contributed by atoms with Gasteiger partial charge in [-0.3, -0.25) is 14.5 Å². The molecule has 6 heteroatoms. The molecule has 1 radical (unpaired) electrons. The van der Waals surface area contributed by atoms with E-state index in [1.165, 1.54) is 0 Å². The van der Waals surface area contributed by atoms with Gasteiger partial charge in [-0.15, -0.1) is 0 Å². The molecule has 1 aromatic heterocycles. The van der Waals surface area contributed by atoms with E-state index in [0.29, 0.717) is 32.5 Å². The van der Waals surface area contributed by atoms with Crippen molar-refractivity contribution in [3.05, 3.63) is 42.6 Å². The van der Waals surface area contributed by atoms with Crippen molar-refractivity contribution >= 4 is 22.8 Å².